The minimum Gasteiger partial charge on any atom is -0.361 e. The molecule has 4 unspecified atom stereocenters. The molecule has 5 nitrogen and oxygen atoms in total. The minimum atomic E-state index is -0.0243. The molecule has 138 valence electrons. The topological polar surface area (TPSA) is 74.0 Å². The lowest BCUT2D eigenvalue weighted by atomic mass is 9.70. The van der Waals surface area contributed by atoms with Crippen molar-refractivity contribution in [1.82, 2.24) is 15.6 Å². The van der Waals surface area contributed by atoms with Gasteiger partial charge in [0.05, 0.1) is 0 Å². The number of amides is 2. The molecule has 0 bridgehead atoms. The molecule has 1 aromatic carbocycles. The predicted octanol–water partition coefficient (Wildman–Crippen LogP) is 3.37. The monoisotopic (exact) mass is 353 g/mol. The van der Waals surface area contributed by atoms with Crippen molar-refractivity contribution in [2.45, 2.75) is 57.5 Å². The van der Waals surface area contributed by atoms with E-state index in [0.29, 0.717) is 23.8 Å². The van der Waals surface area contributed by atoms with Gasteiger partial charge in [-0.2, -0.15) is 0 Å². The van der Waals surface area contributed by atoms with Crippen LogP contribution in [0.3, 0.4) is 0 Å². The molecule has 4 rings (SSSR count). The zero-order valence-corrected chi connectivity index (χ0v) is 15.3. The fraction of sp³-hybridized carbons (Fsp3) is 0.524. The molecule has 0 radical (unpaired) electrons. The van der Waals surface area contributed by atoms with Gasteiger partial charge in [0.15, 0.2) is 0 Å². The van der Waals surface area contributed by atoms with Crippen LogP contribution in [0.15, 0.2) is 30.5 Å². The van der Waals surface area contributed by atoms with E-state index in [2.05, 4.69) is 22.5 Å². The molecule has 1 aliphatic carbocycles. The fourth-order valence-electron chi connectivity index (χ4n) is 4.86. The van der Waals surface area contributed by atoms with E-state index in [4.69, 9.17) is 0 Å². The Bertz CT molecular complexity index is 812. The summed E-state index contributed by atoms with van der Waals surface area (Å²) in [7, 11) is 0. The molecule has 1 saturated carbocycles. The van der Waals surface area contributed by atoms with Crippen LogP contribution in [-0.4, -0.2) is 28.9 Å². The number of benzene rings is 1. The smallest absolute Gasteiger partial charge is 0.251 e. The quantitative estimate of drug-likeness (QED) is 0.788. The van der Waals surface area contributed by atoms with Crippen molar-refractivity contribution in [3.8, 4) is 0 Å². The maximum Gasteiger partial charge on any atom is 0.251 e. The van der Waals surface area contributed by atoms with Gasteiger partial charge >= 0.3 is 0 Å². The van der Waals surface area contributed by atoms with E-state index in [-0.39, 0.29) is 23.9 Å². The number of carbonyl (C=O) groups excluding carboxylic acids is 2. The second kappa shape index (κ2) is 7.14. The van der Waals surface area contributed by atoms with Crippen LogP contribution < -0.4 is 10.6 Å². The molecule has 5 heteroatoms. The van der Waals surface area contributed by atoms with E-state index in [9.17, 15) is 9.59 Å². The summed E-state index contributed by atoms with van der Waals surface area (Å²) >= 11 is 0. The largest absolute Gasteiger partial charge is 0.361 e. The molecule has 2 heterocycles. The average Bonchev–Trinajstić information content (AvgIpc) is 3.09. The van der Waals surface area contributed by atoms with Crippen LogP contribution in [-0.2, 0) is 4.79 Å². The summed E-state index contributed by atoms with van der Waals surface area (Å²) in [5.74, 6) is 1.22. The van der Waals surface area contributed by atoms with E-state index in [0.717, 1.165) is 43.0 Å². The van der Waals surface area contributed by atoms with Gasteiger partial charge in [0.1, 0.15) is 0 Å². The summed E-state index contributed by atoms with van der Waals surface area (Å²) in [4.78, 5) is 27.9. The Hall–Kier alpha value is -2.30. The third-order valence-electron chi connectivity index (χ3n) is 6.11. The number of piperidine rings is 1. The van der Waals surface area contributed by atoms with Gasteiger partial charge in [-0.25, -0.2) is 0 Å². The van der Waals surface area contributed by atoms with Crippen LogP contribution in [0.4, 0.5) is 0 Å². The first kappa shape index (κ1) is 17.1. The Morgan fingerprint density at radius 3 is 3.00 bits per heavy atom. The number of rotatable bonds is 4. The average molecular weight is 353 g/mol. The van der Waals surface area contributed by atoms with Gasteiger partial charge in [-0.3, -0.25) is 9.59 Å². The lowest BCUT2D eigenvalue weighted by Gasteiger charge is -2.44. The van der Waals surface area contributed by atoms with E-state index >= 15 is 0 Å². The first-order chi connectivity index (χ1) is 12.6. The van der Waals surface area contributed by atoms with Crippen LogP contribution in [0, 0.1) is 11.8 Å². The van der Waals surface area contributed by atoms with Gasteiger partial charge in [0, 0.05) is 41.2 Å². The second-order valence-corrected chi connectivity index (χ2v) is 7.85. The van der Waals surface area contributed by atoms with Crippen LogP contribution in [0.25, 0.3) is 10.9 Å². The van der Waals surface area contributed by atoms with E-state index in [1.54, 1.807) is 0 Å². The summed E-state index contributed by atoms with van der Waals surface area (Å²) < 4.78 is 0. The van der Waals surface area contributed by atoms with E-state index in [1.165, 1.54) is 0 Å². The highest BCUT2D eigenvalue weighted by Crippen LogP contribution is 2.37. The maximum atomic E-state index is 12.7. The standard InChI is InChI=1S/C21H27N3O2/c1-2-3-13-11-20(25)24-19-12-16(5-6-17(13)19)23-21(26)15-4-7-18-14(10-15)8-9-22-18/h4,7-10,13,16-17,19,22H,2-3,5-6,11-12H2,1H3,(H,23,26)(H,24,25). The first-order valence-corrected chi connectivity index (χ1v) is 9.81. The molecule has 1 saturated heterocycles. The summed E-state index contributed by atoms with van der Waals surface area (Å²) in [6.07, 6.45) is 7.72. The van der Waals surface area contributed by atoms with E-state index < -0.39 is 0 Å². The van der Waals surface area contributed by atoms with Crippen molar-refractivity contribution in [3.05, 3.63) is 36.0 Å². The van der Waals surface area contributed by atoms with Gasteiger partial charge in [-0.05, 0) is 61.8 Å². The number of nitrogens with one attached hydrogen (secondary N) is 3. The zero-order valence-electron chi connectivity index (χ0n) is 15.3. The Morgan fingerprint density at radius 1 is 1.27 bits per heavy atom. The highest BCUT2D eigenvalue weighted by Gasteiger charge is 2.40. The molecule has 3 N–H and O–H groups in total. The van der Waals surface area contributed by atoms with Crippen molar-refractivity contribution >= 4 is 22.7 Å². The van der Waals surface area contributed by atoms with Gasteiger partial charge in [-0.15, -0.1) is 0 Å². The maximum absolute atomic E-state index is 12.7. The normalized spacial score (nSPS) is 28.4. The highest BCUT2D eigenvalue weighted by molar-refractivity contribution is 5.98. The third-order valence-corrected chi connectivity index (χ3v) is 6.11. The number of aromatic amines is 1. The molecule has 1 aromatic heterocycles. The number of H-pyrrole nitrogens is 1. The predicted molar refractivity (Wildman–Crippen MR) is 102 cm³/mol. The molecule has 2 aliphatic rings. The minimum absolute atomic E-state index is 0.0243. The highest BCUT2D eigenvalue weighted by atomic mass is 16.2. The van der Waals surface area contributed by atoms with E-state index in [1.807, 2.05) is 30.5 Å². The number of fused-ring (bicyclic) bond motifs is 2. The first-order valence-electron chi connectivity index (χ1n) is 9.81. The molecule has 0 spiro atoms. The summed E-state index contributed by atoms with van der Waals surface area (Å²) in [6.45, 7) is 2.19. The Balaban J connectivity index is 1.41. The van der Waals surface area contributed by atoms with Crippen LogP contribution >= 0.6 is 0 Å². The summed E-state index contributed by atoms with van der Waals surface area (Å²) in [5, 5.41) is 7.41. The molecular formula is C21H27N3O2. The number of aromatic nitrogens is 1. The van der Waals surface area contributed by atoms with Gasteiger partial charge in [0.2, 0.25) is 5.91 Å². The molecule has 1 aliphatic heterocycles. The SMILES string of the molecule is CCCC1CC(=O)NC2CC(NC(=O)c3ccc4[nH]ccc4c3)CCC12. The fourth-order valence-corrected chi connectivity index (χ4v) is 4.86. The van der Waals surface area contributed by atoms with Gasteiger partial charge < -0.3 is 15.6 Å². The van der Waals surface area contributed by atoms with Crippen molar-refractivity contribution < 1.29 is 9.59 Å². The van der Waals surface area contributed by atoms with Gasteiger partial charge in [0.25, 0.3) is 5.91 Å². The number of carbonyl (C=O) groups is 2. The molecule has 2 fully saturated rings. The van der Waals surface area contributed by atoms with Crippen LogP contribution in [0.1, 0.15) is 55.8 Å². The van der Waals surface area contributed by atoms with Crippen molar-refractivity contribution in [2.75, 3.05) is 0 Å². The molecule has 2 aromatic rings. The second-order valence-electron chi connectivity index (χ2n) is 7.85. The van der Waals surface area contributed by atoms with Crippen molar-refractivity contribution in [2.24, 2.45) is 11.8 Å². The molecule has 26 heavy (non-hydrogen) atoms. The number of hydrogen-bond donors (Lipinski definition) is 3. The Kier molecular flexibility index (Phi) is 4.70. The Labute approximate surface area is 153 Å². The summed E-state index contributed by atoms with van der Waals surface area (Å²) in [6, 6.07) is 8.04. The lowest BCUT2D eigenvalue weighted by Crippen LogP contribution is -2.55. The van der Waals surface area contributed by atoms with Crippen molar-refractivity contribution in [1.29, 1.82) is 0 Å². The van der Waals surface area contributed by atoms with Crippen molar-refractivity contribution in [3.63, 3.8) is 0 Å². The van der Waals surface area contributed by atoms with Crippen LogP contribution in [0.2, 0.25) is 0 Å². The number of hydrogen-bond acceptors (Lipinski definition) is 2. The van der Waals surface area contributed by atoms with Gasteiger partial charge in [-0.1, -0.05) is 13.3 Å². The lowest BCUT2D eigenvalue weighted by molar-refractivity contribution is -0.127. The summed E-state index contributed by atoms with van der Waals surface area (Å²) in [5.41, 5.74) is 1.73. The van der Waals surface area contributed by atoms with Crippen LogP contribution in [0.5, 0.6) is 0 Å². The Morgan fingerprint density at radius 2 is 2.15 bits per heavy atom. The molecule has 4 atom stereocenters. The molecular weight excluding hydrogens is 326 g/mol. The third kappa shape index (κ3) is 3.35. The molecule has 2 amide bonds. The zero-order chi connectivity index (χ0) is 18.1.